The van der Waals surface area contributed by atoms with E-state index in [1.165, 1.54) is 19.3 Å². The summed E-state index contributed by atoms with van der Waals surface area (Å²) in [5, 5.41) is 0. The van der Waals surface area contributed by atoms with E-state index in [1.807, 2.05) is 4.90 Å². The molecule has 2 saturated heterocycles. The van der Waals surface area contributed by atoms with Crippen molar-refractivity contribution in [3.63, 3.8) is 0 Å². The summed E-state index contributed by atoms with van der Waals surface area (Å²) in [5.74, 6) is 0.313. The molecule has 2 fully saturated rings. The van der Waals surface area contributed by atoms with Crippen LogP contribution in [0, 0.1) is 0 Å². The molecule has 2 heterocycles. The summed E-state index contributed by atoms with van der Waals surface area (Å²) < 4.78 is 27.1. The van der Waals surface area contributed by atoms with Gasteiger partial charge in [-0.2, -0.15) is 8.42 Å². The molecule has 0 spiro atoms. The predicted octanol–water partition coefficient (Wildman–Crippen LogP) is 2.52. The van der Waals surface area contributed by atoms with Gasteiger partial charge in [-0.15, -0.1) is 0 Å². The van der Waals surface area contributed by atoms with Crippen LogP contribution < -0.4 is 4.18 Å². The second-order valence-electron chi connectivity index (χ2n) is 7.38. The standard InChI is InChI=1S/C20H28N2O4S/c1-27(24,25)26-19-10-7-17(8-11-19)9-12-20(23)22-15-5-6-18(22)16-21-13-3-2-4-14-21/h7-12,18H,2-6,13-16H2,1H3/b12-9+/t18-/m0/s1. The molecule has 1 atom stereocenters. The summed E-state index contributed by atoms with van der Waals surface area (Å²) in [4.78, 5) is 17.1. The van der Waals surface area contributed by atoms with Crippen LogP contribution in [0.25, 0.3) is 6.08 Å². The summed E-state index contributed by atoms with van der Waals surface area (Å²) in [5.41, 5.74) is 0.830. The molecular formula is C20H28N2O4S. The molecule has 1 amide bonds. The average Bonchev–Trinajstić information content (AvgIpc) is 3.09. The minimum absolute atomic E-state index is 0.0472. The van der Waals surface area contributed by atoms with Crippen molar-refractivity contribution in [3.8, 4) is 5.75 Å². The molecule has 0 aromatic heterocycles. The fraction of sp³-hybridized carbons (Fsp3) is 0.550. The van der Waals surface area contributed by atoms with Gasteiger partial charge in [0.1, 0.15) is 5.75 Å². The van der Waals surface area contributed by atoms with Gasteiger partial charge in [0.2, 0.25) is 5.91 Å². The zero-order valence-electron chi connectivity index (χ0n) is 15.8. The van der Waals surface area contributed by atoms with Gasteiger partial charge in [-0.1, -0.05) is 18.6 Å². The molecule has 2 aliphatic heterocycles. The highest BCUT2D eigenvalue weighted by atomic mass is 32.2. The maximum absolute atomic E-state index is 12.6. The van der Waals surface area contributed by atoms with Gasteiger partial charge in [-0.25, -0.2) is 0 Å². The molecule has 148 valence electrons. The first-order valence-electron chi connectivity index (χ1n) is 9.61. The fourth-order valence-electron chi connectivity index (χ4n) is 3.83. The molecule has 1 aromatic carbocycles. The largest absolute Gasteiger partial charge is 0.383 e. The lowest BCUT2D eigenvalue weighted by Crippen LogP contribution is -2.44. The van der Waals surface area contributed by atoms with Crippen molar-refractivity contribution in [2.75, 3.05) is 32.4 Å². The number of benzene rings is 1. The van der Waals surface area contributed by atoms with Crippen molar-refractivity contribution >= 4 is 22.1 Å². The molecule has 0 unspecified atom stereocenters. The summed E-state index contributed by atoms with van der Waals surface area (Å²) in [6, 6.07) is 6.95. The Hall–Kier alpha value is -1.86. The number of likely N-dealkylation sites (tertiary alicyclic amines) is 2. The van der Waals surface area contributed by atoms with Crippen LogP contribution in [0.3, 0.4) is 0 Å². The lowest BCUT2D eigenvalue weighted by molar-refractivity contribution is -0.127. The molecule has 1 aromatic rings. The topological polar surface area (TPSA) is 66.9 Å². The zero-order chi connectivity index (χ0) is 19.3. The number of amides is 1. The van der Waals surface area contributed by atoms with E-state index in [0.717, 1.165) is 50.8 Å². The molecule has 27 heavy (non-hydrogen) atoms. The minimum atomic E-state index is -3.53. The number of hydrogen-bond donors (Lipinski definition) is 0. The number of hydrogen-bond acceptors (Lipinski definition) is 5. The Morgan fingerprint density at radius 3 is 2.48 bits per heavy atom. The SMILES string of the molecule is CS(=O)(=O)Oc1ccc(/C=C/C(=O)N2CCC[C@H]2CN2CCCCC2)cc1. The normalized spacial score (nSPS) is 21.7. The summed E-state index contributed by atoms with van der Waals surface area (Å²) in [7, 11) is -3.53. The van der Waals surface area contributed by atoms with Crippen LogP contribution >= 0.6 is 0 Å². The number of rotatable bonds is 6. The van der Waals surface area contributed by atoms with E-state index >= 15 is 0 Å². The van der Waals surface area contributed by atoms with E-state index in [4.69, 9.17) is 4.18 Å². The molecule has 0 radical (unpaired) electrons. The van der Waals surface area contributed by atoms with Crippen LogP contribution in [0.4, 0.5) is 0 Å². The zero-order valence-corrected chi connectivity index (χ0v) is 16.7. The molecule has 3 rings (SSSR count). The van der Waals surface area contributed by atoms with Crippen LogP contribution in [-0.4, -0.2) is 62.6 Å². The summed E-state index contributed by atoms with van der Waals surface area (Å²) in [6.07, 6.45) is 10.4. The number of nitrogens with zero attached hydrogens (tertiary/aromatic N) is 2. The number of carbonyl (C=O) groups is 1. The molecule has 0 aliphatic carbocycles. The van der Waals surface area contributed by atoms with E-state index in [9.17, 15) is 13.2 Å². The predicted molar refractivity (Wildman–Crippen MR) is 106 cm³/mol. The molecule has 2 aliphatic rings. The maximum Gasteiger partial charge on any atom is 0.306 e. The lowest BCUT2D eigenvalue weighted by atomic mass is 10.1. The fourth-order valence-corrected chi connectivity index (χ4v) is 4.29. The summed E-state index contributed by atoms with van der Waals surface area (Å²) in [6.45, 7) is 4.10. The first-order valence-corrected chi connectivity index (χ1v) is 11.4. The van der Waals surface area contributed by atoms with Gasteiger partial charge in [-0.05, 0) is 62.5 Å². The number of piperidine rings is 1. The quantitative estimate of drug-likeness (QED) is 0.550. The third-order valence-corrected chi connectivity index (χ3v) is 5.62. The van der Waals surface area contributed by atoms with Gasteiger partial charge in [0.15, 0.2) is 0 Å². The van der Waals surface area contributed by atoms with E-state index in [2.05, 4.69) is 4.90 Å². The van der Waals surface area contributed by atoms with Gasteiger partial charge in [0.05, 0.1) is 6.26 Å². The molecule has 6 nitrogen and oxygen atoms in total. The van der Waals surface area contributed by atoms with Crippen LogP contribution in [-0.2, 0) is 14.9 Å². The first-order chi connectivity index (χ1) is 12.9. The van der Waals surface area contributed by atoms with E-state index in [-0.39, 0.29) is 11.7 Å². The van der Waals surface area contributed by atoms with Crippen LogP contribution in [0.15, 0.2) is 30.3 Å². The van der Waals surface area contributed by atoms with E-state index in [0.29, 0.717) is 6.04 Å². The Balaban J connectivity index is 1.56. The second-order valence-corrected chi connectivity index (χ2v) is 8.95. The van der Waals surface area contributed by atoms with E-state index in [1.54, 1.807) is 36.4 Å². The van der Waals surface area contributed by atoms with Crippen LogP contribution in [0.1, 0.15) is 37.7 Å². The van der Waals surface area contributed by atoms with Gasteiger partial charge >= 0.3 is 10.1 Å². The Labute approximate surface area is 161 Å². The monoisotopic (exact) mass is 392 g/mol. The minimum Gasteiger partial charge on any atom is -0.383 e. The van der Waals surface area contributed by atoms with E-state index < -0.39 is 10.1 Å². The third kappa shape index (κ3) is 6.07. The van der Waals surface area contributed by atoms with Crippen molar-refractivity contribution in [1.29, 1.82) is 0 Å². The highest BCUT2D eigenvalue weighted by Gasteiger charge is 2.29. The molecule has 7 heteroatoms. The van der Waals surface area contributed by atoms with Gasteiger partial charge < -0.3 is 14.0 Å². The Kier molecular flexibility index (Phi) is 6.55. The maximum atomic E-state index is 12.6. The van der Waals surface area contributed by atoms with Gasteiger partial charge in [0, 0.05) is 25.2 Å². The molecular weight excluding hydrogens is 364 g/mol. The Bertz CT molecular complexity index is 768. The lowest BCUT2D eigenvalue weighted by Gasteiger charge is -2.32. The number of carbonyl (C=O) groups excluding carboxylic acids is 1. The van der Waals surface area contributed by atoms with Gasteiger partial charge in [-0.3, -0.25) is 4.79 Å². The van der Waals surface area contributed by atoms with Crippen molar-refractivity contribution in [1.82, 2.24) is 9.80 Å². The van der Waals surface area contributed by atoms with Gasteiger partial charge in [0.25, 0.3) is 0 Å². The molecule has 0 saturated carbocycles. The van der Waals surface area contributed by atoms with Crippen molar-refractivity contribution < 1.29 is 17.4 Å². The van der Waals surface area contributed by atoms with Crippen molar-refractivity contribution in [2.24, 2.45) is 0 Å². The first kappa shape index (κ1) is 19.9. The van der Waals surface area contributed by atoms with Crippen molar-refractivity contribution in [3.05, 3.63) is 35.9 Å². The summed E-state index contributed by atoms with van der Waals surface area (Å²) >= 11 is 0. The van der Waals surface area contributed by atoms with Crippen LogP contribution in [0.5, 0.6) is 5.75 Å². The average molecular weight is 393 g/mol. The second kappa shape index (κ2) is 8.89. The highest BCUT2D eigenvalue weighted by Crippen LogP contribution is 2.21. The van der Waals surface area contributed by atoms with Crippen LogP contribution in [0.2, 0.25) is 0 Å². The Morgan fingerprint density at radius 2 is 1.81 bits per heavy atom. The van der Waals surface area contributed by atoms with Crippen molar-refractivity contribution in [2.45, 2.75) is 38.1 Å². The Morgan fingerprint density at radius 1 is 1.11 bits per heavy atom. The smallest absolute Gasteiger partial charge is 0.306 e. The highest BCUT2D eigenvalue weighted by molar-refractivity contribution is 7.86. The molecule has 0 bridgehead atoms. The molecule has 0 N–H and O–H groups in total. The third-order valence-electron chi connectivity index (χ3n) is 5.12.